The number of hydrogen-bond donors (Lipinski definition) is 1. The van der Waals surface area contributed by atoms with Gasteiger partial charge in [-0.25, -0.2) is 0 Å². The summed E-state index contributed by atoms with van der Waals surface area (Å²) >= 11 is -0.775. The van der Waals surface area contributed by atoms with Gasteiger partial charge in [-0.15, -0.1) is 0 Å². The van der Waals surface area contributed by atoms with Crippen LogP contribution in [0.15, 0.2) is 91.0 Å². The number of hydrogen-bond acceptors (Lipinski definition) is 1. The summed E-state index contributed by atoms with van der Waals surface area (Å²) in [5.41, 5.74) is 3.91. The molecule has 0 heterocycles. The third-order valence-electron chi connectivity index (χ3n) is 5.47. The fourth-order valence-electron chi connectivity index (χ4n) is 4.21. The third-order valence-corrected chi connectivity index (χ3v) is 10.1. The summed E-state index contributed by atoms with van der Waals surface area (Å²) in [5, 5.41) is 11.5. The topological polar surface area (TPSA) is 20.2 Å². The van der Waals surface area contributed by atoms with Gasteiger partial charge in [0.2, 0.25) is 0 Å². The van der Waals surface area contributed by atoms with E-state index in [-0.39, 0.29) is 4.20 Å². The molecule has 1 unspecified atom stereocenters. The molecule has 0 saturated heterocycles. The molecule has 132 valence electrons. The molecule has 1 nitrogen and oxygen atoms in total. The molecule has 0 aliphatic heterocycles. The van der Waals surface area contributed by atoms with E-state index in [4.69, 9.17) is 0 Å². The van der Waals surface area contributed by atoms with E-state index < -0.39 is 20.1 Å². The molecule has 4 rings (SSSR count). The van der Waals surface area contributed by atoms with E-state index in [2.05, 4.69) is 91.0 Å². The van der Waals surface area contributed by atoms with Gasteiger partial charge in [0.25, 0.3) is 0 Å². The number of aliphatic hydroxyl groups is 1. The minimum absolute atomic E-state index is 0.219. The van der Waals surface area contributed by atoms with Gasteiger partial charge in [0.05, 0.1) is 0 Å². The Hall–Kier alpha value is -1.82. The Balaban J connectivity index is 1.97. The van der Waals surface area contributed by atoms with Crippen LogP contribution < -0.4 is 0 Å². The summed E-state index contributed by atoms with van der Waals surface area (Å²) in [6.07, 6.45) is 4.19. The number of rotatable bonds is 5. The fraction of sp³-hybridized carbons (Fsp3) is 0.250. The van der Waals surface area contributed by atoms with Crippen molar-refractivity contribution in [2.24, 2.45) is 0 Å². The molecule has 0 spiro atoms. The van der Waals surface area contributed by atoms with Gasteiger partial charge in [-0.2, -0.15) is 0 Å². The van der Waals surface area contributed by atoms with Crippen LogP contribution in [0.5, 0.6) is 0 Å². The van der Waals surface area contributed by atoms with E-state index in [1.54, 1.807) is 0 Å². The molecule has 0 radical (unpaired) electrons. The van der Waals surface area contributed by atoms with Gasteiger partial charge >= 0.3 is 163 Å². The predicted molar refractivity (Wildman–Crippen MR) is 110 cm³/mol. The van der Waals surface area contributed by atoms with E-state index in [9.17, 15) is 5.11 Å². The van der Waals surface area contributed by atoms with Gasteiger partial charge < -0.3 is 0 Å². The SMILES string of the molecule is OC1([AsH]C(c2ccccc2)(c2ccccc2)c2ccccc2)CCCC1. The average molecular weight is 404 g/mol. The van der Waals surface area contributed by atoms with Crippen LogP contribution in [0.3, 0.4) is 0 Å². The van der Waals surface area contributed by atoms with Crippen molar-refractivity contribution in [2.75, 3.05) is 0 Å². The molecule has 0 bridgehead atoms. The van der Waals surface area contributed by atoms with Crippen molar-refractivity contribution in [3.8, 4) is 0 Å². The molecular formula is C24H25AsO. The molecule has 0 aromatic heterocycles. The number of benzene rings is 3. The molecule has 1 aliphatic carbocycles. The first-order chi connectivity index (χ1) is 12.7. The molecule has 26 heavy (non-hydrogen) atoms. The normalized spacial score (nSPS) is 17.0. The maximum absolute atomic E-state index is 11.5. The van der Waals surface area contributed by atoms with Crippen LogP contribution in [0.25, 0.3) is 0 Å². The van der Waals surface area contributed by atoms with Crippen LogP contribution in [0, 0.1) is 0 Å². The molecule has 1 fully saturated rings. The Morgan fingerprint density at radius 1 is 0.615 bits per heavy atom. The van der Waals surface area contributed by atoms with Crippen molar-refractivity contribution in [3.63, 3.8) is 0 Å². The minimum atomic E-state index is -0.775. The van der Waals surface area contributed by atoms with Gasteiger partial charge in [0, 0.05) is 0 Å². The predicted octanol–water partition coefficient (Wildman–Crippen LogP) is 4.68. The van der Waals surface area contributed by atoms with Crippen molar-refractivity contribution in [3.05, 3.63) is 108 Å². The van der Waals surface area contributed by atoms with E-state index in [0.29, 0.717) is 0 Å². The van der Waals surface area contributed by atoms with Crippen LogP contribution in [0.2, 0.25) is 0 Å². The summed E-state index contributed by atoms with van der Waals surface area (Å²) < 4.78 is -0.704. The van der Waals surface area contributed by atoms with Crippen molar-refractivity contribution in [1.82, 2.24) is 0 Å². The first-order valence-corrected chi connectivity index (χ1v) is 11.5. The first-order valence-electron chi connectivity index (χ1n) is 9.41. The van der Waals surface area contributed by atoms with Crippen LogP contribution in [0.4, 0.5) is 0 Å². The van der Waals surface area contributed by atoms with Crippen LogP contribution in [0.1, 0.15) is 42.4 Å². The second-order valence-corrected chi connectivity index (χ2v) is 11.3. The van der Waals surface area contributed by atoms with E-state index in [1.165, 1.54) is 16.7 Å². The van der Waals surface area contributed by atoms with Crippen LogP contribution in [-0.2, 0) is 4.20 Å². The Morgan fingerprint density at radius 2 is 0.962 bits per heavy atom. The Bertz CT molecular complexity index is 727. The molecular weight excluding hydrogens is 379 g/mol. The van der Waals surface area contributed by atoms with Crippen molar-refractivity contribution in [2.45, 2.75) is 34.3 Å². The van der Waals surface area contributed by atoms with E-state index >= 15 is 0 Å². The zero-order valence-corrected chi connectivity index (χ0v) is 17.0. The molecule has 3 aromatic carbocycles. The quantitative estimate of drug-likeness (QED) is 0.484. The van der Waals surface area contributed by atoms with Gasteiger partial charge in [-0.1, -0.05) is 0 Å². The monoisotopic (exact) mass is 404 g/mol. The molecule has 2 heteroatoms. The molecule has 1 aliphatic rings. The molecule has 1 saturated carbocycles. The van der Waals surface area contributed by atoms with Gasteiger partial charge in [-0.05, 0) is 0 Å². The van der Waals surface area contributed by atoms with Crippen LogP contribution in [-0.4, -0.2) is 25.2 Å². The fourth-order valence-corrected chi connectivity index (χ4v) is 8.90. The summed E-state index contributed by atoms with van der Waals surface area (Å²) in [5.74, 6) is 0. The maximum atomic E-state index is 11.5. The molecule has 1 N–H and O–H groups in total. The zero-order chi connectivity index (χ0) is 17.9. The van der Waals surface area contributed by atoms with E-state index in [0.717, 1.165) is 25.7 Å². The van der Waals surface area contributed by atoms with Gasteiger partial charge in [-0.3, -0.25) is 0 Å². The van der Waals surface area contributed by atoms with Crippen molar-refractivity contribution >= 4 is 15.8 Å². The summed E-state index contributed by atoms with van der Waals surface area (Å²) in [7, 11) is 0. The second kappa shape index (κ2) is 7.43. The summed E-state index contributed by atoms with van der Waals surface area (Å²) in [4.78, 5) is 0. The first kappa shape index (κ1) is 17.6. The Labute approximate surface area is 162 Å². The van der Waals surface area contributed by atoms with E-state index in [1.807, 2.05) is 0 Å². The second-order valence-electron chi connectivity index (χ2n) is 7.21. The average Bonchev–Trinajstić information content (AvgIpc) is 3.14. The summed E-state index contributed by atoms with van der Waals surface area (Å²) in [6.45, 7) is 0. The molecule has 1 atom stereocenters. The van der Waals surface area contributed by atoms with Crippen molar-refractivity contribution in [1.29, 1.82) is 0 Å². The Morgan fingerprint density at radius 3 is 1.31 bits per heavy atom. The van der Waals surface area contributed by atoms with Crippen LogP contribution >= 0.6 is 0 Å². The molecule has 0 amide bonds. The standard InChI is InChI=1S/C24H25AsO/c26-23(18-10-11-19-23)25-24(20-12-4-1-5-13-20,21-14-6-2-7-15-21)22-16-8-3-9-17-22/h1-9,12-17,25-26H,10-11,18-19H2. The summed E-state index contributed by atoms with van der Waals surface area (Å²) in [6, 6.07) is 32.4. The Kier molecular flexibility index (Phi) is 5.02. The third kappa shape index (κ3) is 3.27. The van der Waals surface area contributed by atoms with Crippen molar-refractivity contribution < 1.29 is 5.11 Å². The zero-order valence-electron chi connectivity index (χ0n) is 14.9. The molecule has 3 aromatic rings. The van der Waals surface area contributed by atoms with Gasteiger partial charge in [0.1, 0.15) is 0 Å². The van der Waals surface area contributed by atoms with Gasteiger partial charge in [0.15, 0.2) is 0 Å².